The largest absolute Gasteiger partial charge is 0.496 e. The molecule has 1 fully saturated rings. The highest BCUT2D eigenvalue weighted by molar-refractivity contribution is 6.30. The van der Waals surface area contributed by atoms with Crippen molar-refractivity contribution in [2.24, 2.45) is 5.92 Å². The third-order valence-corrected chi connectivity index (χ3v) is 6.82. The van der Waals surface area contributed by atoms with Crippen molar-refractivity contribution in [3.63, 3.8) is 0 Å². The van der Waals surface area contributed by atoms with Gasteiger partial charge in [0.05, 0.1) is 13.7 Å². The summed E-state index contributed by atoms with van der Waals surface area (Å²) in [6.07, 6.45) is 0.913. The summed E-state index contributed by atoms with van der Waals surface area (Å²) in [5.41, 5.74) is 2.02. The predicted octanol–water partition coefficient (Wildman–Crippen LogP) is 4.00. The number of likely N-dealkylation sites (N-methyl/N-ethyl adjacent to an activating group) is 1. The maximum atomic E-state index is 10.2. The van der Waals surface area contributed by atoms with E-state index in [0.717, 1.165) is 47.3 Å². The topological polar surface area (TPSA) is 63.2 Å². The Balaban J connectivity index is 1.51. The molecular formula is C24H31ClN2O4. The molecule has 7 heteroatoms. The van der Waals surface area contributed by atoms with Crippen molar-refractivity contribution in [2.75, 3.05) is 33.6 Å². The number of halogens is 1. The molecule has 0 saturated carbocycles. The van der Waals surface area contributed by atoms with Crippen LogP contribution in [0.2, 0.25) is 5.02 Å². The highest BCUT2D eigenvalue weighted by atomic mass is 35.5. The second-order valence-electron chi connectivity index (χ2n) is 8.55. The van der Waals surface area contributed by atoms with Gasteiger partial charge >= 0.3 is 0 Å². The van der Waals surface area contributed by atoms with Gasteiger partial charge in [-0.1, -0.05) is 30.7 Å². The lowest BCUT2D eigenvalue weighted by Gasteiger charge is -2.37. The molecular weight excluding hydrogens is 416 g/mol. The fourth-order valence-corrected chi connectivity index (χ4v) is 5.23. The van der Waals surface area contributed by atoms with Gasteiger partial charge in [0.1, 0.15) is 5.75 Å². The Morgan fingerprint density at radius 1 is 1.23 bits per heavy atom. The van der Waals surface area contributed by atoms with E-state index in [9.17, 15) is 5.11 Å². The minimum Gasteiger partial charge on any atom is -0.496 e. The van der Waals surface area contributed by atoms with Gasteiger partial charge in [0.25, 0.3) is 0 Å². The van der Waals surface area contributed by atoms with Crippen LogP contribution >= 0.6 is 11.6 Å². The summed E-state index contributed by atoms with van der Waals surface area (Å²) in [5, 5.41) is 14.5. The average Bonchev–Trinajstić information content (AvgIpc) is 3.35. The molecule has 31 heavy (non-hydrogen) atoms. The molecule has 0 bridgehead atoms. The van der Waals surface area contributed by atoms with Crippen molar-refractivity contribution in [1.29, 1.82) is 0 Å². The number of hydrogen-bond donors (Lipinski definition) is 2. The van der Waals surface area contributed by atoms with Gasteiger partial charge in [0, 0.05) is 41.3 Å². The van der Waals surface area contributed by atoms with Gasteiger partial charge in [-0.3, -0.25) is 4.90 Å². The van der Waals surface area contributed by atoms with Crippen molar-refractivity contribution < 1.29 is 19.3 Å². The Bertz CT molecular complexity index is 907. The molecule has 2 aromatic rings. The van der Waals surface area contributed by atoms with Gasteiger partial charge < -0.3 is 24.6 Å². The summed E-state index contributed by atoms with van der Waals surface area (Å²) in [4.78, 5) is 2.42. The van der Waals surface area contributed by atoms with E-state index in [0.29, 0.717) is 12.5 Å². The van der Waals surface area contributed by atoms with Crippen molar-refractivity contribution in [3.05, 3.63) is 52.5 Å². The van der Waals surface area contributed by atoms with Crippen LogP contribution < -0.4 is 19.5 Å². The smallest absolute Gasteiger partial charge is 0.231 e. The maximum absolute atomic E-state index is 10.2. The van der Waals surface area contributed by atoms with E-state index in [1.165, 1.54) is 5.56 Å². The van der Waals surface area contributed by atoms with Crippen LogP contribution in [0, 0.1) is 5.92 Å². The Morgan fingerprint density at radius 3 is 2.58 bits per heavy atom. The molecule has 2 N–H and O–H groups in total. The molecule has 0 amide bonds. The van der Waals surface area contributed by atoms with Crippen molar-refractivity contribution in [2.45, 2.75) is 38.4 Å². The third-order valence-electron chi connectivity index (χ3n) is 6.57. The standard InChI is InChI=1S/C24H31ClN2O4/c1-4-27-23(16-5-7-19(25)8-6-16)18(11-24(27,2)14-28)13-26-12-17-9-21-22(31-15-30-21)10-20(17)29-3/h5-10,18,23,26,28H,4,11-15H2,1-3H3/t18-,23+,24+/m1/s1. The molecule has 4 rings (SSSR count). The van der Waals surface area contributed by atoms with Crippen LogP contribution in [0.5, 0.6) is 17.2 Å². The number of benzene rings is 2. The molecule has 0 aliphatic carbocycles. The van der Waals surface area contributed by atoms with Crippen LogP contribution in [-0.4, -0.2) is 49.1 Å². The Kier molecular flexibility index (Phi) is 6.63. The summed E-state index contributed by atoms with van der Waals surface area (Å²) in [6.45, 7) is 7.04. The van der Waals surface area contributed by atoms with E-state index in [1.807, 2.05) is 24.3 Å². The lowest BCUT2D eigenvalue weighted by molar-refractivity contribution is 0.0579. The summed E-state index contributed by atoms with van der Waals surface area (Å²) in [6, 6.07) is 12.2. The first-order valence-electron chi connectivity index (χ1n) is 10.8. The molecule has 6 nitrogen and oxygen atoms in total. The van der Waals surface area contributed by atoms with Crippen LogP contribution in [0.15, 0.2) is 36.4 Å². The quantitative estimate of drug-likeness (QED) is 0.639. The average molecular weight is 447 g/mol. The number of rotatable bonds is 8. The van der Waals surface area contributed by atoms with Gasteiger partial charge in [0.2, 0.25) is 6.79 Å². The predicted molar refractivity (Wildman–Crippen MR) is 121 cm³/mol. The second kappa shape index (κ2) is 9.25. The number of fused-ring (bicyclic) bond motifs is 1. The van der Waals surface area contributed by atoms with E-state index in [4.69, 9.17) is 25.8 Å². The number of ether oxygens (including phenoxy) is 3. The SMILES string of the molecule is CCN1[C@@H](c2ccc(Cl)cc2)[C@@H](CNCc2cc3c(cc2OC)OCO3)C[C@@]1(C)CO. The van der Waals surface area contributed by atoms with Crippen LogP contribution in [-0.2, 0) is 6.54 Å². The van der Waals surface area contributed by atoms with Crippen molar-refractivity contribution in [3.8, 4) is 17.2 Å². The zero-order valence-electron chi connectivity index (χ0n) is 18.4. The van der Waals surface area contributed by atoms with Gasteiger partial charge in [-0.25, -0.2) is 0 Å². The number of methoxy groups -OCH3 is 1. The van der Waals surface area contributed by atoms with Crippen LogP contribution in [0.4, 0.5) is 0 Å². The molecule has 0 radical (unpaired) electrons. The third kappa shape index (κ3) is 4.35. The molecule has 2 heterocycles. The Hall–Kier alpha value is -1.99. The molecule has 0 unspecified atom stereocenters. The van der Waals surface area contributed by atoms with Crippen LogP contribution in [0.25, 0.3) is 0 Å². The van der Waals surface area contributed by atoms with E-state index >= 15 is 0 Å². The monoisotopic (exact) mass is 446 g/mol. The molecule has 168 valence electrons. The van der Waals surface area contributed by atoms with Gasteiger partial charge in [-0.05, 0) is 49.6 Å². The van der Waals surface area contributed by atoms with E-state index in [1.54, 1.807) is 7.11 Å². The molecule has 3 atom stereocenters. The highest BCUT2D eigenvalue weighted by Crippen LogP contribution is 2.46. The molecule has 2 aliphatic heterocycles. The lowest BCUT2D eigenvalue weighted by Crippen LogP contribution is -2.45. The number of nitrogens with one attached hydrogen (secondary N) is 1. The zero-order valence-corrected chi connectivity index (χ0v) is 19.1. The normalized spacial score (nSPS) is 25.2. The van der Waals surface area contributed by atoms with Gasteiger partial charge in [-0.15, -0.1) is 0 Å². The van der Waals surface area contributed by atoms with Gasteiger partial charge in [0.15, 0.2) is 11.5 Å². The minimum absolute atomic E-state index is 0.136. The molecule has 0 aromatic heterocycles. The maximum Gasteiger partial charge on any atom is 0.231 e. The van der Waals surface area contributed by atoms with E-state index in [2.05, 4.69) is 36.2 Å². The fourth-order valence-electron chi connectivity index (χ4n) is 5.10. The number of aliphatic hydroxyl groups excluding tert-OH is 1. The Labute approximate surface area is 189 Å². The highest BCUT2D eigenvalue weighted by Gasteiger charge is 2.47. The fraction of sp³-hybridized carbons (Fsp3) is 0.500. The number of nitrogens with zero attached hydrogens (tertiary/aromatic N) is 1. The first-order valence-corrected chi connectivity index (χ1v) is 11.2. The zero-order chi connectivity index (χ0) is 22.0. The lowest BCUT2D eigenvalue weighted by atomic mass is 9.90. The minimum atomic E-state index is -0.248. The molecule has 0 spiro atoms. The molecule has 2 aromatic carbocycles. The Morgan fingerprint density at radius 2 is 1.94 bits per heavy atom. The molecule has 1 saturated heterocycles. The van der Waals surface area contributed by atoms with Crippen LogP contribution in [0.1, 0.15) is 37.4 Å². The molecule has 2 aliphatic rings. The number of aliphatic hydroxyl groups is 1. The van der Waals surface area contributed by atoms with Crippen LogP contribution in [0.3, 0.4) is 0 Å². The first-order chi connectivity index (χ1) is 15.0. The van der Waals surface area contributed by atoms with E-state index < -0.39 is 0 Å². The first kappa shape index (κ1) is 22.2. The van der Waals surface area contributed by atoms with Gasteiger partial charge in [-0.2, -0.15) is 0 Å². The summed E-state index contributed by atoms with van der Waals surface area (Å²) >= 11 is 6.13. The summed E-state index contributed by atoms with van der Waals surface area (Å²) < 4.78 is 16.5. The number of hydrogen-bond acceptors (Lipinski definition) is 6. The van der Waals surface area contributed by atoms with E-state index in [-0.39, 0.29) is 25.0 Å². The summed E-state index contributed by atoms with van der Waals surface area (Å²) in [5.74, 6) is 2.60. The van der Waals surface area contributed by atoms with Crippen molar-refractivity contribution in [1.82, 2.24) is 10.2 Å². The summed E-state index contributed by atoms with van der Waals surface area (Å²) in [7, 11) is 1.67. The van der Waals surface area contributed by atoms with Crippen molar-refractivity contribution >= 4 is 11.6 Å². The number of likely N-dealkylation sites (tertiary alicyclic amines) is 1. The second-order valence-corrected chi connectivity index (χ2v) is 8.99.